The second-order valence-electron chi connectivity index (χ2n) is 3.56. The lowest BCUT2D eigenvalue weighted by Crippen LogP contribution is -2.22. The number of nitrogens with one attached hydrogen (secondary N) is 1. The van der Waals surface area contributed by atoms with Crippen molar-refractivity contribution in [2.45, 2.75) is 17.9 Å². The summed E-state index contributed by atoms with van der Waals surface area (Å²) in [4.78, 5) is 0.688. The number of ether oxygens (including phenoxy) is 1. The van der Waals surface area contributed by atoms with Crippen LogP contribution in [0.2, 0.25) is 0 Å². The van der Waals surface area contributed by atoms with Gasteiger partial charge in [-0.2, -0.15) is 0 Å². The number of hydrogen-bond donors (Lipinski definition) is 1. The summed E-state index contributed by atoms with van der Waals surface area (Å²) < 4.78 is 18.5. The van der Waals surface area contributed by atoms with Gasteiger partial charge >= 0.3 is 0 Å². The minimum Gasteiger partial charge on any atom is -0.383 e. The summed E-state index contributed by atoms with van der Waals surface area (Å²) in [5, 5.41) is 3.27. The first kappa shape index (κ1) is 13.5. The van der Waals surface area contributed by atoms with E-state index in [0.717, 1.165) is 12.1 Å². The largest absolute Gasteiger partial charge is 0.383 e. The minimum absolute atomic E-state index is 0.139. The van der Waals surface area contributed by atoms with Crippen LogP contribution in [0.25, 0.3) is 0 Å². The van der Waals surface area contributed by atoms with Crippen molar-refractivity contribution in [1.82, 2.24) is 5.32 Å². The predicted octanol–water partition coefficient (Wildman–Crippen LogP) is 2.84. The van der Waals surface area contributed by atoms with Crippen LogP contribution >= 0.6 is 11.8 Å². The molecule has 0 fully saturated rings. The van der Waals surface area contributed by atoms with Crippen LogP contribution in [0.3, 0.4) is 0 Å². The summed E-state index contributed by atoms with van der Waals surface area (Å²) in [5.74, 6) is -0.148. The topological polar surface area (TPSA) is 21.3 Å². The molecule has 0 bridgehead atoms. The molecule has 4 heteroatoms. The Morgan fingerprint density at radius 1 is 1.50 bits per heavy atom. The van der Waals surface area contributed by atoms with Crippen molar-refractivity contribution in [3.05, 3.63) is 29.6 Å². The van der Waals surface area contributed by atoms with Crippen LogP contribution in [0.4, 0.5) is 4.39 Å². The fourth-order valence-electron chi connectivity index (χ4n) is 1.45. The van der Waals surface area contributed by atoms with Gasteiger partial charge < -0.3 is 10.1 Å². The fourth-order valence-corrected chi connectivity index (χ4v) is 1.91. The predicted molar refractivity (Wildman–Crippen MR) is 66.5 cm³/mol. The fraction of sp³-hybridized carbons (Fsp3) is 0.500. The normalized spacial score (nSPS) is 12.8. The zero-order chi connectivity index (χ0) is 12.0. The Labute approximate surface area is 101 Å². The van der Waals surface area contributed by atoms with Gasteiger partial charge in [0.1, 0.15) is 5.82 Å². The lowest BCUT2D eigenvalue weighted by Gasteiger charge is -2.14. The number of methoxy groups -OCH3 is 1. The van der Waals surface area contributed by atoms with Crippen molar-refractivity contribution >= 4 is 11.8 Å². The highest BCUT2D eigenvalue weighted by molar-refractivity contribution is 7.98. The Balaban J connectivity index is 2.62. The van der Waals surface area contributed by atoms with E-state index in [1.165, 1.54) is 11.8 Å². The van der Waals surface area contributed by atoms with Crippen LogP contribution in [-0.2, 0) is 4.74 Å². The number of rotatable bonds is 6. The van der Waals surface area contributed by atoms with E-state index >= 15 is 0 Å². The molecule has 0 saturated heterocycles. The molecule has 0 saturated carbocycles. The molecule has 1 aromatic carbocycles. The second kappa shape index (κ2) is 6.89. The van der Waals surface area contributed by atoms with Gasteiger partial charge in [0.2, 0.25) is 0 Å². The Morgan fingerprint density at radius 3 is 2.81 bits per heavy atom. The van der Waals surface area contributed by atoms with E-state index in [9.17, 15) is 4.39 Å². The zero-order valence-electron chi connectivity index (χ0n) is 9.92. The molecule has 1 unspecified atom stereocenters. The Kier molecular flexibility index (Phi) is 5.80. The minimum atomic E-state index is -0.148. The molecule has 1 atom stereocenters. The molecule has 0 spiro atoms. The van der Waals surface area contributed by atoms with Gasteiger partial charge in [-0.05, 0) is 30.9 Å². The van der Waals surface area contributed by atoms with Gasteiger partial charge in [0.05, 0.1) is 6.61 Å². The maximum absolute atomic E-state index is 13.5. The zero-order valence-corrected chi connectivity index (χ0v) is 10.7. The SMILES string of the molecule is COCCNC(C)c1ccc(SC)c(F)c1. The lowest BCUT2D eigenvalue weighted by atomic mass is 10.1. The maximum atomic E-state index is 13.5. The van der Waals surface area contributed by atoms with Gasteiger partial charge in [0, 0.05) is 24.6 Å². The van der Waals surface area contributed by atoms with Crippen LogP contribution in [0, 0.1) is 5.82 Å². The van der Waals surface area contributed by atoms with E-state index in [1.807, 2.05) is 25.3 Å². The molecule has 0 aliphatic rings. The number of thioether (sulfide) groups is 1. The van der Waals surface area contributed by atoms with E-state index < -0.39 is 0 Å². The Hall–Kier alpha value is -0.580. The molecule has 2 nitrogen and oxygen atoms in total. The van der Waals surface area contributed by atoms with Gasteiger partial charge in [-0.15, -0.1) is 11.8 Å². The number of halogens is 1. The third kappa shape index (κ3) is 3.77. The van der Waals surface area contributed by atoms with Crippen molar-refractivity contribution in [3.63, 3.8) is 0 Å². The van der Waals surface area contributed by atoms with Gasteiger partial charge in [-0.25, -0.2) is 4.39 Å². The van der Waals surface area contributed by atoms with E-state index in [4.69, 9.17) is 4.74 Å². The Bertz CT molecular complexity index is 333. The highest BCUT2D eigenvalue weighted by atomic mass is 32.2. The van der Waals surface area contributed by atoms with Crippen molar-refractivity contribution in [1.29, 1.82) is 0 Å². The molecule has 1 N–H and O–H groups in total. The molecule has 1 rings (SSSR count). The van der Waals surface area contributed by atoms with Gasteiger partial charge in [-0.3, -0.25) is 0 Å². The second-order valence-corrected chi connectivity index (χ2v) is 4.41. The van der Waals surface area contributed by atoms with E-state index in [-0.39, 0.29) is 11.9 Å². The number of benzene rings is 1. The standard InChI is InChI=1S/C12H18FNOS/c1-9(14-6-7-15-2)10-4-5-12(16-3)11(13)8-10/h4-5,8-9,14H,6-7H2,1-3H3. The highest BCUT2D eigenvalue weighted by Crippen LogP contribution is 2.22. The van der Waals surface area contributed by atoms with Crippen molar-refractivity contribution in [2.24, 2.45) is 0 Å². The van der Waals surface area contributed by atoms with E-state index in [2.05, 4.69) is 5.32 Å². The molecule has 90 valence electrons. The van der Waals surface area contributed by atoms with Gasteiger partial charge in [-0.1, -0.05) is 6.07 Å². The van der Waals surface area contributed by atoms with E-state index in [0.29, 0.717) is 11.5 Å². The third-order valence-electron chi connectivity index (χ3n) is 2.43. The summed E-state index contributed by atoms with van der Waals surface area (Å²) in [6.07, 6.45) is 1.87. The van der Waals surface area contributed by atoms with Crippen molar-refractivity contribution in [3.8, 4) is 0 Å². The average molecular weight is 243 g/mol. The Morgan fingerprint density at radius 2 is 2.25 bits per heavy atom. The number of hydrogen-bond acceptors (Lipinski definition) is 3. The van der Waals surface area contributed by atoms with Crippen LogP contribution in [0.1, 0.15) is 18.5 Å². The molecule has 16 heavy (non-hydrogen) atoms. The van der Waals surface area contributed by atoms with Crippen molar-refractivity contribution < 1.29 is 9.13 Å². The first-order chi connectivity index (χ1) is 7.69. The van der Waals surface area contributed by atoms with Gasteiger partial charge in [0.25, 0.3) is 0 Å². The summed E-state index contributed by atoms with van der Waals surface area (Å²) in [6.45, 7) is 3.45. The average Bonchev–Trinajstić information content (AvgIpc) is 2.29. The summed E-state index contributed by atoms with van der Waals surface area (Å²) >= 11 is 1.42. The molecular formula is C12H18FNOS. The molecule has 0 radical (unpaired) electrons. The monoisotopic (exact) mass is 243 g/mol. The molecule has 0 aliphatic heterocycles. The van der Waals surface area contributed by atoms with Crippen LogP contribution in [-0.4, -0.2) is 26.5 Å². The molecule has 0 amide bonds. The molecule has 0 heterocycles. The first-order valence-electron chi connectivity index (χ1n) is 5.24. The maximum Gasteiger partial charge on any atom is 0.137 e. The van der Waals surface area contributed by atoms with Crippen LogP contribution < -0.4 is 5.32 Å². The third-order valence-corrected chi connectivity index (χ3v) is 3.20. The van der Waals surface area contributed by atoms with Crippen molar-refractivity contribution in [2.75, 3.05) is 26.5 Å². The van der Waals surface area contributed by atoms with Crippen LogP contribution in [0.15, 0.2) is 23.1 Å². The first-order valence-corrected chi connectivity index (χ1v) is 6.47. The van der Waals surface area contributed by atoms with Gasteiger partial charge in [0.15, 0.2) is 0 Å². The molecule has 0 aliphatic carbocycles. The molecule has 0 aromatic heterocycles. The van der Waals surface area contributed by atoms with E-state index in [1.54, 1.807) is 13.2 Å². The highest BCUT2D eigenvalue weighted by Gasteiger charge is 2.07. The summed E-state index contributed by atoms with van der Waals surface area (Å²) in [6, 6.07) is 5.51. The smallest absolute Gasteiger partial charge is 0.137 e. The summed E-state index contributed by atoms with van der Waals surface area (Å²) in [5.41, 5.74) is 0.964. The lowest BCUT2D eigenvalue weighted by molar-refractivity contribution is 0.196. The molecule has 1 aromatic rings. The summed E-state index contributed by atoms with van der Waals surface area (Å²) in [7, 11) is 1.67. The molecular weight excluding hydrogens is 225 g/mol. The van der Waals surface area contributed by atoms with Crippen LogP contribution in [0.5, 0.6) is 0 Å². The quantitative estimate of drug-likeness (QED) is 0.613.